The number of nitrogens with zero attached hydrogens (tertiary/aromatic N) is 1. The van der Waals surface area contributed by atoms with Gasteiger partial charge in [-0.2, -0.15) is 0 Å². The molecule has 152 valence electrons. The van der Waals surface area contributed by atoms with Crippen LogP contribution in [0.25, 0.3) is 0 Å². The van der Waals surface area contributed by atoms with Gasteiger partial charge in [-0.1, -0.05) is 45.0 Å². The minimum atomic E-state index is -3.58. The van der Waals surface area contributed by atoms with Gasteiger partial charge < -0.3 is 4.90 Å². The maximum atomic E-state index is 12.8. The summed E-state index contributed by atoms with van der Waals surface area (Å²) in [5.41, 5.74) is 2.99. The maximum absolute atomic E-state index is 12.8. The molecule has 1 aliphatic heterocycles. The van der Waals surface area contributed by atoms with Gasteiger partial charge in [0.15, 0.2) is 0 Å². The molecular weight excluding hydrogens is 368 g/mol. The van der Waals surface area contributed by atoms with Crippen LogP contribution in [-0.2, 0) is 10.0 Å². The Hall–Kier alpha value is -1.85. The average Bonchev–Trinajstić information content (AvgIpc) is 2.68. The summed E-state index contributed by atoms with van der Waals surface area (Å²) in [6.45, 7) is 9.77. The Morgan fingerprint density at radius 3 is 2.57 bits per heavy atom. The molecule has 0 spiro atoms. The molecule has 2 aromatic carbocycles. The lowest BCUT2D eigenvalue weighted by molar-refractivity contribution is 0.208. The summed E-state index contributed by atoms with van der Waals surface area (Å²) in [6.07, 6.45) is 3.53. The first-order valence-electron chi connectivity index (χ1n) is 10.3. The van der Waals surface area contributed by atoms with Crippen LogP contribution in [-0.4, -0.2) is 33.0 Å². The van der Waals surface area contributed by atoms with Gasteiger partial charge in [0.05, 0.1) is 4.90 Å². The maximum Gasteiger partial charge on any atom is 0.261 e. The summed E-state index contributed by atoms with van der Waals surface area (Å²) in [5.74, 6) is 0.847. The third-order valence-corrected chi connectivity index (χ3v) is 6.91. The third-order valence-electron chi connectivity index (χ3n) is 5.51. The Labute approximate surface area is 170 Å². The van der Waals surface area contributed by atoms with Crippen LogP contribution in [0.15, 0.2) is 53.4 Å². The van der Waals surface area contributed by atoms with E-state index in [1.807, 2.05) is 30.3 Å². The monoisotopic (exact) mass is 400 g/mol. The number of rotatable bonds is 7. The predicted molar refractivity (Wildman–Crippen MR) is 116 cm³/mol. The Kier molecular flexibility index (Phi) is 6.78. The predicted octanol–water partition coefficient (Wildman–Crippen LogP) is 5.20. The number of hydrogen-bond donors (Lipinski definition) is 1. The second-order valence-electron chi connectivity index (χ2n) is 8.09. The first-order chi connectivity index (χ1) is 13.4. The standard InChI is InChI=1S/C23H32N2O2S/c1-4-14-25-15-6-8-21(17-25)20-7-5-9-22(16-20)24-28(26,27)23-12-10-19(11-13-23)18(2)3/h5,7,9-13,16,18,21,24H,4,6,8,14-15,17H2,1-3H3. The van der Waals surface area contributed by atoms with Crippen molar-refractivity contribution in [3.63, 3.8) is 0 Å². The van der Waals surface area contributed by atoms with Crippen LogP contribution in [0.2, 0.25) is 0 Å². The number of nitrogens with one attached hydrogen (secondary N) is 1. The Balaban J connectivity index is 1.74. The largest absolute Gasteiger partial charge is 0.303 e. The van der Waals surface area contributed by atoms with Gasteiger partial charge in [0.2, 0.25) is 0 Å². The minimum Gasteiger partial charge on any atom is -0.303 e. The molecule has 0 radical (unpaired) electrons. The van der Waals surface area contributed by atoms with Crippen LogP contribution < -0.4 is 4.72 Å². The van der Waals surface area contributed by atoms with Crippen molar-refractivity contribution in [1.29, 1.82) is 0 Å². The second-order valence-corrected chi connectivity index (χ2v) is 9.78. The zero-order chi connectivity index (χ0) is 20.1. The average molecular weight is 401 g/mol. The molecule has 1 saturated heterocycles. The molecule has 3 rings (SSSR count). The molecule has 0 aliphatic carbocycles. The van der Waals surface area contributed by atoms with Gasteiger partial charge in [-0.05, 0) is 79.6 Å². The second kappa shape index (κ2) is 9.10. The molecule has 0 bridgehead atoms. The zero-order valence-electron chi connectivity index (χ0n) is 17.2. The van der Waals surface area contributed by atoms with Crippen LogP contribution in [0.4, 0.5) is 5.69 Å². The van der Waals surface area contributed by atoms with Crippen LogP contribution in [0, 0.1) is 0 Å². The van der Waals surface area contributed by atoms with Crippen molar-refractivity contribution >= 4 is 15.7 Å². The lowest BCUT2D eigenvalue weighted by atomic mass is 9.90. The van der Waals surface area contributed by atoms with Crippen molar-refractivity contribution < 1.29 is 8.42 Å². The number of anilines is 1. The van der Waals surface area contributed by atoms with E-state index < -0.39 is 10.0 Å². The topological polar surface area (TPSA) is 49.4 Å². The number of likely N-dealkylation sites (tertiary alicyclic amines) is 1. The smallest absolute Gasteiger partial charge is 0.261 e. The summed E-state index contributed by atoms with van der Waals surface area (Å²) in [7, 11) is -3.58. The summed E-state index contributed by atoms with van der Waals surface area (Å²) in [6, 6.07) is 15.1. The molecule has 1 N–H and O–H groups in total. The molecule has 5 heteroatoms. The van der Waals surface area contributed by atoms with Gasteiger partial charge in [-0.3, -0.25) is 4.72 Å². The highest BCUT2D eigenvalue weighted by Crippen LogP contribution is 2.29. The number of sulfonamides is 1. The molecule has 1 aliphatic rings. The van der Waals surface area contributed by atoms with Gasteiger partial charge in [0.25, 0.3) is 10.0 Å². The molecule has 0 saturated carbocycles. The lowest BCUT2D eigenvalue weighted by Crippen LogP contribution is -2.34. The van der Waals surface area contributed by atoms with Crippen LogP contribution >= 0.6 is 0 Å². The third kappa shape index (κ3) is 5.15. The summed E-state index contributed by atoms with van der Waals surface area (Å²) >= 11 is 0. The van der Waals surface area contributed by atoms with Crippen LogP contribution in [0.5, 0.6) is 0 Å². The number of hydrogen-bond acceptors (Lipinski definition) is 3. The highest BCUT2D eigenvalue weighted by Gasteiger charge is 2.21. The SMILES string of the molecule is CCCN1CCCC(c2cccc(NS(=O)(=O)c3ccc(C(C)C)cc3)c2)C1. The van der Waals surface area contributed by atoms with Gasteiger partial charge in [-0.25, -0.2) is 8.42 Å². The minimum absolute atomic E-state index is 0.300. The van der Waals surface area contributed by atoms with Crippen molar-refractivity contribution in [2.45, 2.75) is 56.8 Å². The van der Waals surface area contributed by atoms with Crippen molar-refractivity contribution in [3.8, 4) is 0 Å². The summed E-state index contributed by atoms with van der Waals surface area (Å²) in [5, 5.41) is 0. The lowest BCUT2D eigenvalue weighted by Gasteiger charge is -2.32. The molecule has 0 aromatic heterocycles. The van der Waals surface area contributed by atoms with E-state index >= 15 is 0 Å². The fraction of sp³-hybridized carbons (Fsp3) is 0.478. The molecule has 28 heavy (non-hydrogen) atoms. The Morgan fingerprint density at radius 2 is 1.89 bits per heavy atom. The molecule has 4 nitrogen and oxygen atoms in total. The van der Waals surface area contributed by atoms with Crippen molar-refractivity contribution in [2.24, 2.45) is 0 Å². The van der Waals surface area contributed by atoms with Crippen molar-refractivity contribution in [3.05, 3.63) is 59.7 Å². The van der Waals surface area contributed by atoms with Crippen molar-refractivity contribution in [2.75, 3.05) is 24.4 Å². The highest BCUT2D eigenvalue weighted by molar-refractivity contribution is 7.92. The zero-order valence-corrected chi connectivity index (χ0v) is 18.0. The number of benzene rings is 2. The van der Waals surface area contributed by atoms with Gasteiger partial charge in [0.1, 0.15) is 0 Å². The number of piperidine rings is 1. The highest BCUT2D eigenvalue weighted by atomic mass is 32.2. The summed E-state index contributed by atoms with van der Waals surface area (Å²) in [4.78, 5) is 2.82. The van der Waals surface area contributed by atoms with E-state index in [0.717, 1.165) is 25.1 Å². The fourth-order valence-electron chi connectivity index (χ4n) is 3.95. The normalized spacial score (nSPS) is 18.4. The van der Waals surface area contributed by atoms with Gasteiger partial charge in [-0.15, -0.1) is 0 Å². The van der Waals surface area contributed by atoms with Gasteiger partial charge in [0, 0.05) is 12.2 Å². The molecule has 1 atom stereocenters. The van der Waals surface area contributed by atoms with E-state index in [4.69, 9.17) is 0 Å². The van der Waals surface area contributed by atoms with E-state index in [0.29, 0.717) is 22.4 Å². The molecule has 1 unspecified atom stereocenters. The first-order valence-corrected chi connectivity index (χ1v) is 11.8. The van der Waals surface area contributed by atoms with Crippen molar-refractivity contribution in [1.82, 2.24) is 4.90 Å². The van der Waals surface area contributed by atoms with Crippen LogP contribution in [0.3, 0.4) is 0 Å². The molecule has 1 heterocycles. The van der Waals surface area contributed by atoms with E-state index in [1.54, 1.807) is 12.1 Å². The Bertz CT molecular complexity index is 874. The Morgan fingerprint density at radius 1 is 1.14 bits per heavy atom. The molecular formula is C23H32N2O2S. The fourth-order valence-corrected chi connectivity index (χ4v) is 5.00. The first kappa shape index (κ1) is 20.9. The molecule has 2 aromatic rings. The van der Waals surface area contributed by atoms with E-state index in [2.05, 4.69) is 36.5 Å². The quantitative estimate of drug-likeness (QED) is 0.695. The van der Waals surface area contributed by atoms with E-state index in [-0.39, 0.29) is 0 Å². The van der Waals surface area contributed by atoms with E-state index in [9.17, 15) is 8.42 Å². The van der Waals surface area contributed by atoms with Gasteiger partial charge >= 0.3 is 0 Å². The summed E-state index contributed by atoms with van der Waals surface area (Å²) < 4.78 is 28.3. The molecule has 0 amide bonds. The molecule has 1 fully saturated rings. The van der Waals surface area contributed by atoms with Crippen LogP contribution in [0.1, 0.15) is 63.0 Å². The van der Waals surface area contributed by atoms with E-state index in [1.165, 1.54) is 24.9 Å².